The average Bonchev–Trinajstić information content (AvgIpc) is 2.77. The van der Waals surface area contributed by atoms with Crippen molar-refractivity contribution in [3.63, 3.8) is 0 Å². The Kier molecular flexibility index (Phi) is 4.06. The van der Waals surface area contributed by atoms with Crippen LogP contribution in [0.15, 0.2) is 22.6 Å². The normalized spacial score (nSPS) is 11.1. The molecule has 2 rings (SSSR count). The van der Waals surface area contributed by atoms with Gasteiger partial charge in [-0.1, -0.05) is 13.8 Å². The van der Waals surface area contributed by atoms with Gasteiger partial charge in [0.2, 0.25) is 0 Å². The average molecular weight is 278 g/mol. The summed E-state index contributed by atoms with van der Waals surface area (Å²) in [5.74, 6) is 7.20. The Labute approximate surface area is 116 Å². The van der Waals surface area contributed by atoms with E-state index in [1.807, 2.05) is 24.7 Å². The van der Waals surface area contributed by atoms with E-state index in [9.17, 15) is 0 Å². The van der Waals surface area contributed by atoms with Gasteiger partial charge in [-0.2, -0.15) is 0 Å². The summed E-state index contributed by atoms with van der Waals surface area (Å²) in [6, 6.07) is 0. The first-order valence-electron chi connectivity index (χ1n) is 6.03. The highest BCUT2D eigenvalue weighted by atomic mass is 32.2. The van der Waals surface area contributed by atoms with Gasteiger partial charge in [0.05, 0.1) is 0 Å². The van der Waals surface area contributed by atoms with E-state index < -0.39 is 0 Å². The van der Waals surface area contributed by atoms with Gasteiger partial charge in [-0.25, -0.2) is 20.8 Å². The molecule has 0 radical (unpaired) electrons. The van der Waals surface area contributed by atoms with Gasteiger partial charge in [-0.3, -0.25) is 0 Å². The van der Waals surface area contributed by atoms with Gasteiger partial charge in [-0.05, 0) is 18.7 Å². The van der Waals surface area contributed by atoms with Crippen molar-refractivity contribution in [3.05, 3.63) is 23.8 Å². The smallest absolute Gasteiger partial charge is 0.174 e. The Hall–Kier alpha value is -1.60. The minimum Gasteiger partial charge on any atom is -0.329 e. The SMILES string of the molecule is Cc1c(NN)nc(C(C)C)nc1Sc1nccn1C. The molecule has 0 aromatic carbocycles. The number of aryl methyl sites for hydroxylation is 1. The molecule has 0 aliphatic heterocycles. The van der Waals surface area contributed by atoms with E-state index in [-0.39, 0.29) is 5.92 Å². The number of hydrogen-bond acceptors (Lipinski definition) is 6. The molecule has 0 spiro atoms. The first-order valence-corrected chi connectivity index (χ1v) is 6.85. The highest BCUT2D eigenvalue weighted by Gasteiger charge is 2.15. The molecule has 0 aliphatic rings. The van der Waals surface area contributed by atoms with E-state index in [2.05, 4.69) is 34.2 Å². The number of nitrogens with one attached hydrogen (secondary N) is 1. The molecule has 0 atom stereocenters. The van der Waals surface area contributed by atoms with Crippen LogP contribution in [0.4, 0.5) is 5.82 Å². The molecule has 0 amide bonds. The Balaban J connectivity index is 2.43. The van der Waals surface area contributed by atoms with Crippen LogP contribution in [0.1, 0.15) is 31.2 Å². The maximum Gasteiger partial charge on any atom is 0.174 e. The molecule has 0 unspecified atom stereocenters. The Morgan fingerprint density at radius 1 is 1.37 bits per heavy atom. The maximum absolute atomic E-state index is 5.52. The number of nitrogens with two attached hydrogens (primary N) is 1. The molecule has 0 bridgehead atoms. The summed E-state index contributed by atoms with van der Waals surface area (Å²) >= 11 is 1.51. The fraction of sp³-hybridized carbons (Fsp3) is 0.417. The largest absolute Gasteiger partial charge is 0.329 e. The van der Waals surface area contributed by atoms with Gasteiger partial charge >= 0.3 is 0 Å². The number of aromatic nitrogens is 4. The van der Waals surface area contributed by atoms with E-state index in [4.69, 9.17) is 5.84 Å². The van der Waals surface area contributed by atoms with E-state index >= 15 is 0 Å². The van der Waals surface area contributed by atoms with E-state index in [1.54, 1.807) is 6.20 Å². The van der Waals surface area contributed by atoms with Crippen molar-refractivity contribution in [2.75, 3.05) is 5.43 Å². The van der Waals surface area contributed by atoms with Crippen molar-refractivity contribution in [2.45, 2.75) is 36.9 Å². The van der Waals surface area contributed by atoms with Crippen molar-refractivity contribution in [1.29, 1.82) is 0 Å². The quantitative estimate of drug-likeness (QED) is 0.506. The van der Waals surface area contributed by atoms with Crippen molar-refractivity contribution < 1.29 is 0 Å². The zero-order valence-corrected chi connectivity index (χ0v) is 12.3. The van der Waals surface area contributed by atoms with E-state index in [0.717, 1.165) is 21.6 Å². The van der Waals surface area contributed by atoms with Crippen LogP contribution in [0.5, 0.6) is 0 Å². The molecule has 0 fully saturated rings. The highest BCUT2D eigenvalue weighted by molar-refractivity contribution is 7.99. The molecule has 2 aromatic rings. The lowest BCUT2D eigenvalue weighted by Gasteiger charge is -2.13. The lowest BCUT2D eigenvalue weighted by atomic mass is 10.2. The van der Waals surface area contributed by atoms with Gasteiger partial charge in [-0.15, -0.1) is 0 Å². The predicted molar refractivity (Wildman–Crippen MR) is 76.0 cm³/mol. The molecule has 0 aliphatic carbocycles. The minimum absolute atomic E-state index is 0.244. The van der Waals surface area contributed by atoms with E-state index in [1.165, 1.54) is 11.8 Å². The molecule has 2 heterocycles. The lowest BCUT2D eigenvalue weighted by Crippen LogP contribution is -2.13. The standard InChI is InChI=1S/C12H18N6S/c1-7(2)9-15-10(17-13)8(3)11(16-9)19-12-14-5-6-18(12)4/h5-7H,13H2,1-4H3,(H,15,16,17). The third-order valence-corrected chi connectivity index (χ3v) is 3.90. The maximum atomic E-state index is 5.52. The lowest BCUT2D eigenvalue weighted by molar-refractivity contribution is 0.744. The fourth-order valence-corrected chi connectivity index (χ4v) is 2.43. The minimum atomic E-state index is 0.244. The summed E-state index contributed by atoms with van der Waals surface area (Å²) < 4.78 is 1.96. The second-order valence-corrected chi connectivity index (χ2v) is 5.54. The second kappa shape index (κ2) is 5.58. The topological polar surface area (TPSA) is 81.7 Å². The highest BCUT2D eigenvalue weighted by Crippen LogP contribution is 2.30. The molecule has 19 heavy (non-hydrogen) atoms. The van der Waals surface area contributed by atoms with Crippen LogP contribution >= 0.6 is 11.8 Å². The van der Waals surface area contributed by atoms with Crippen molar-refractivity contribution in [2.24, 2.45) is 12.9 Å². The first kappa shape index (κ1) is 13.8. The molecule has 0 saturated heterocycles. The van der Waals surface area contributed by atoms with Crippen LogP contribution in [-0.2, 0) is 7.05 Å². The van der Waals surface area contributed by atoms with Gasteiger partial charge in [0.1, 0.15) is 16.7 Å². The van der Waals surface area contributed by atoms with Crippen molar-refractivity contribution in [1.82, 2.24) is 19.5 Å². The molecule has 7 heteroatoms. The Morgan fingerprint density at radius 2 is 2.11 bits per heavy atom. The van der Waals surface area contributed by atoms with Crippen LogP contribution < -0.4 is 11.3 Å². The number of nitrogens with zero attached hydrogens (tertiary/aromatic N) is 4. The summed E-state index contributed by atoms with van der Waals surface area (Å²) in [6.07, 6.45) is 3.68. The monoisotopic (exact) mass is 278 g/mol. The van der Waals surface area contributed by atoms with Crippen LogP contribution in [0.3, 0.4) is 0 Å². The number of imidazole rings is 1. The van der Waals surface area contributed by atoms with Crippen LogP contribution in [0.25, 0.3) is 0 Å². The van der Waals surface area contributed by atoms with Crippen molar-refractivity contribution in [3.8, 4) is 0 Å². The number of nitrogen functional groups attached to an aromatic ring is 1. The van der Waals surface area contributed by atoms with Gasteiger partial charge in [0.15, 0.2) is 5.16 Å². The fourth-order valence-electron chi connectivity index (χ4n) is 1.55. The van der Waals surface area contributed by atoms with Crippen molar-refractivity contribution >= 4 is 17.6 Å². The van der Waals surface area contributed by atoms with Gasteiger partial charge < -0.3 is 9.99 Å². The van der Waals surface area contributed by atoms with Gasteiger partial charge in [0, 0.05) is 30.9 Å². The van der Waals surface area contributed by atoms with E-state index in [0.29, 0.717) is 5.82 Å². The zero-order valence-electron chi connectivity index (χ0n) is 11.5. The summed E-state index contributed by atoms with van der Waals surface area (Å²) in [4.78, 5) is 13.3. The third-order valence-electron chi connectivity index (χ3n) is 2.74. The first-order chi connectivity index (χ1) is 9.02. The number of hydrogen-bond donors (Lipinski definition) is 2. The molecule has 3 N–H and O–H groups in total. The summed E-state index contributed by atoms with van der Waals surface area (Å²) in [6.45, 7) is 6.06. The number of anilines is 1. The number of hydrazine groups is 1. The second-order valence-electron chi connectivity index (χ2n) is 4.58. The predicted octanol–water partition coefficient (Wildman–Crippen LogP) is 2.08. The van der Waals surface area contributed by atoms with Crippen LogP contribution in [-0.4, -0.2) is 19.5 Å². The van der Waals surface area contributed by atoms with Crippen LogP contribution in [0, 0.1) is 6.92 Å². The summed E-state index contributed by atoms with van der Waals surface area (Å²) in [7, 11) is 1.96. The summed E-state index contributed by atoms with van der Waals surface area (Å²) in [5.41, 5.74) is 3.56. The molecular formula is C12H18N6S. The summed E-state index contributed by atoms with van der Waals surface area (Å²) in [5, 5.41) is 1.76. The molecule has 6 nitrogen and oxygen atoms in total. The Morgan fingerprint density at radius 3 is 2.63 bits per heavy atom. The third kappa shape index (κ3) is 2.87. The number of rotatable bonds is 4. The zero-order chi connectivity index (χ0) is 14.0. The molecule has 0 saturated carbocycles. The molecular weight excluding hydrogens is 260 g/mol. The van der Waals surface area contributed by atoms with Crippen LogP contribution in [0.2, 0.25) is 0 Å². The molecule has 102 valence electrons. The molecule has 2 aromatic heterocycles. The van der Waals surface area contributed by atoms with Gasteiger partial charge in [0.25, 0.3) is 0 Å². The Bertz CT molecular complexity index is 578.